The first kappa shape index (κ1) is 18.5. The maximum atomic E-state index is 12.9. The summed E-state index contributed by atoms with van der Waals surface area (Å²) in [6, 6.07) is 3.58. The number of carbonyl (C=O) groups excluding carboxylic acids is 1. The standard InChI is InChI=1S/C16H15Br2ClN4O2/c17-12-6-5-11(15(24)10-3-1-2-4-13(10)19)14(18)16(12)25-8-7-23-9-20-21-22-23/h5-6,9H,1-4,7-8H2. The molecule has 1 aromatic carbocycles. The summed E-state index contributed by atoms with van der Waals surface area (Å²) in [6.07, 6.45) is 5.02. The number of nitrogens with zero attached hydrogens (tertiary/aromatic N) is 4. The first-order valence-corrected chi connectivity index (χ1v) is 9.78. The van der Waals surface area contributed by atoms with E-state index in [1.165, 1.54) is 6.33 Å². The predicted molar refractivity (Wildman–Crippen MR) is 101 cm³/mol. The topological polar surface area (TPSA) is 69.9 Å². The molecule has 0 bridgehead atoms. The van der Waals surface area contributed by atoms with E-state index in [1.54, 1.807) is 10.7 Å². The van der Waals surface area contributed by atoms with E-state index < -0.39 is 0 Å². The third-order valence-electron chi connectivity index (χ3n) is 3.93. The highest BCUT2D eigenvalue weighted by Crippen LogP contribution is 2.39. The average Bonchev–Trinajstić information content (AvgIpc) is 3.11. The molecule has 0 spiro atoms. The Hall–Kier alpha value is -1.25. The van der Waals surface area contributed by atoms with Crippen molar-refractivity contribution in [3.05, 3.63) is 43.6 Å². The lowest BCUT2D eigenvalue weighted by atomic mass is 9.93. The molecule has 132 valence electrons. The second-order valence-electron chi connectivity index (χ2n) is 5.58. The van der Waals surface area contributed by atoms with Crippen LogP contribution in [0.1, 0.15) is 36.0 Å². The molecule has 0 amide bonds. The Morgan fingerprint density at radius 3 is 2.80 bits per heavy atom. The van der Waals surface area contributed by atoms with Crippen molar-refractivity contribution in [2.45, 2.75) is 32.2 Å². The number of hydrogen-bond acceptors (Lipinski definition) is 5. The number of hydrogen-bond donors (Lipinski definition) is 0. The molecule has 2 aromatic rings. The van der Waals surface area contributed by atoms with Crippen LogP contribution < -0.4 is 4.74 Å². The van der Waals surface area contributed by atoms with Crippen molar-refractivity contribution >= 4 is 49.2 Å². The normalized spacial score (nSPS) is 14.7. The Morgan fingerprint density at radius 2 is 2.08 bits per heavy atom. The fraction of sp³-hybridized carbons (Fsp3) is 0.375. The summed E-state index contributed by atoms with van der Waals surface area (Å²) in [6.45, 7) is 0.865. The van der Waals surface area contributed by atoms with Crippen LogP contribution in [0.25, 0.3) is 0 Å². The zero-order valence-corrected chi connectivity index (χ0v) is 17.1. The number of carbonyl (C=O) groups is 1. The summed E-state index contributed by atoms with van der Waals surface area (Å²) in [5, 5.41) is 11.6. The monoisotopic (exact) mass is 488 g/mol. The molecule has 0 fully saturated rings. The van der Waals surface area contributed by atoms with Crippen LogP contribution in [0.3, 0.4) is 0 Å². The van der Waals surface area contributed by atoms with E-state index in [-0.39, 0.29) is 5.78 Å². The number of tetrazole rings is 1. The van der Waals surface area contributed by atoms with Gasteiger partial charge in [0.05, 0.1) is 15.5 Å². The lowest BCUT2D eigenvalue weighted by Crippen LogP contribution is -2.12. The Bertz CT molecular complexity index is 809. The summed E-state index contributed by atoms with van der Waals surface area (Å²) in [5.74, 6) is 0.529. The molecule has 0 N–H and O–H groups in total. The molecule has 0 aliphatic heterocycles. The third kappa shape index (κ3) is 4.30. The van der Waals surface area contributed by atoms with Crippen LogP contribution in [0.4, 0.5) is 0 Å². The fourth-order valence-corrected chi connectivity index (χ4v) is 4.30. The minimum atomic E-state index is -0.0469. The molecule has 1 aliphatic rings. The molecule has 9 heteroatoms. The molecule has 6 nitrogen and oxygen atoms in total. The molecular formula is C16H15Br2ClN4O2. The van der Waals surface area contributed by atoms with Gasteiger partial charge in [0.15, 0.2) is 5.78 Å². The van der Waals surface area contributed by atoms with E-state index in [1.807, 2.05) is 6.07 Å². The molecule has 0 unspecified atom stereocenters. The van der Waals surface area contributed by atoms with Gasteiger partial charge in [-0.2, -0.15) is 0 Å². The summed E-state index contributed by atoms with van der Waals surface area (Å²) in [5.41, 5.74) is 1.26. The molecule has 3 rings (SSSR count). The fourth-order valence-electron chi connectivity index (χ4n) is 2.63. The van der Waals surface area contributed by atoms with Crippen LogP contribution in [0.5, 0.6) is 5.75 Å². The van der Waals surface area contributed by atoms with Crippen molar-refractivity contribution in [3.8, 4) is 5.75 Å². The largest absolute Gasteiger partial charge is 0.489 e. The molecule has 1 aliphatic carbocycles. The zero-order chi connectivity index (χ0) is 17.8. The summed E-state index contributed by atoms with van der Waals surface area (Å²) in [7, 11) is 0. The van der Waals surface area contributed by atoms with Gasteiger partial charge in [0.25, 0.3) is 0 Å². The smallest absolute Gasteiger partial charge is 0.191 e. The summed E-state index contributed by atoms with van der Waals surface area (Å²) < 4.78 is 8.78. The van der Waals surface area contributed by atoms with Crippen LogP contribution in [0.15, 0.2) is 38.0 Å². The molecule has 0 atom stereocenters. The first-order chi connectivity index (χ1) is 12.1. The minimum absolute atomic E-state index is 0.0469. The van der Waals surface area contributed by atoms with E-state index in [9.17, 15) is 4.79 Å². The van der Waals surface area contributed by atoms with Gasteiger partial charge in [-0.3, -0.25) is 4.79 Å². The Balaban J connectivity index is 1.80. The van der Waals surface area contributed by atoms with Gasteiger partial charge in [0, 0.05) is 16.2 Å². The van der Waals surface area contributed by atoms with E-state index in [0.29, 0.717) is 39.5 Å². The number of Topliss-reactive ketones (excluding diaryl/α,β-unsaturated/α-hetero) is 1. The number of rotatable bonds is 6. The number of halogens is 3. The maximum absolute atomic E-state index is 12.9. The maximum Gasteiger partial charge on any atom is 0.191 e. The second-order valence-corrected chi connectivity index (χ2v) is 7.68. The predicted octanol–water partition coefficient (Wildman–Crippen LogP) is 4.53. The molecular weight excluding hydrogens is 475 g/mol. The number of ether oxygens (including phenoxy) is 1. The Kier molecular flexibility index (Phi) is 6.24. The quantitative estimate of drug-likeness (QED) is 0.557. The van der Waals surface area contributed by atoms with E-state index in [0.717, 1.165) is 30.2 Å². The van der Waals surface area contributed by atoms with E-state index in [4.69, 9.17) is 16.3 Å². The van der Waals surface area contributed by atoms with Gasteiger partial charge in [-0.05, 0) is 80.1 Å². The molecule has 1 heterocycles. The van der Waals surface area contributed by atoms with Crippen molar-refractivity contribution in [3.63, 3.8) is 0 Å². The zero-order valence-electron chi connectivity index (χ0n) is 13.2. The number of allylic oxidation sites excluding steroid dienone is 2. The van der Waals surface area contributed by atoms with Crippen molar-refractivity contribution in [2.24, 2.45) is 0 Å². The highest BCUT2D eigenvalue weighted by Gasteiger charge is 2.23. The van der Waals surface area contributed by atoms with Crippen molar-refractivity contribution in [2.75, 3.05) is 6.61 Å². The van der Waals surface area contributed by atoms with Gasteiger partial charge >= 0.3 is 0 Å². The second kappa shape index (κ2) is 8.42. The van der Waals surface area contributed by atoms with E-state index >= 15 is 0 Å². The lowest BCUT2D eigenvalue weighted by Gasteiger charge is -2.17. The molecule has 0 saturated carbocycles. The van der Waals surface area contributed by atoms with Crippen LogP contribution in [0, 0.1) is 0 Å². The lowest BCUT2D eigenvalue weighted by molar-refractivity contribution is 0.102. The van der Waals surface area contributed by atoms with Gasteiger partial charge < -0.3 is 4.74 Å². The molecule has 0 saturated heterocycles. The highest BCUT2D eigenvalue weighted by atomic mass is 79.9. The van der Waals surface area contributed by atoms with Crippen LogP contribution >= 0.6 is 43.5 Å². The average molecular weight is 491 g/mol. The summed E-state index contributed by atoms with van der Waals surface area (Å²) in [4.78, 5) is 12.9. The number of ketones is 1. The van der Waals surface area contributed by atoms with Gasteiger partial charge in [0.2, 0.25) is 0 Å². The molecule has 25 heavy (non-hydrogen) atoms. The van der Waals surface area contributed by atoms with E-state index in [2.05, 4.69) is 47.4 Å². The minimum Gasteiger partial charge on any atom is -0.489 e. The first-order valence-electron chi connectivity index (χ1n) is 7.81. The molecule has 0 radical (unpaired) electrons. The Morgan fingerprint density at radius 1 is 1.28 bits per heavy atom. The van der Waals surface area contributed by atoms with Crippen LogP contribution in [-0.2, 0) is 6.54 Å². The SMILES string of the molecule is O=C(C1=C(Cl)CCCC1)c1ccc(Br)c(OCCn2cnnn2)c1Br. The van der Waals surface area contributed by atoms with Crippen molar-refractivity contribution in [1.82, 2.24) is 20.2 Å². The van der Waals surface area contributed by atoms with Gasteiger partial charge in [-0.1, -0.05) is 11.6 Å². The summed E-state index contributed by atoms with van der Waals surface area (Å²) >= 11 is 13.2. The highest BCUT2D eigenvalue weighted by molar-refractivity contribution is 9.11. The van der Waals surface area contributed by atoms with Gasteiger partial charge in [-0.15, -0.1) is 5.10 Å². The van der Waals surface area contributed by atoms with Gasteiger partial charge in [-0.25, -0.2) is 4.68 Å². The van der Waals surface area contributed by atoms with Crippen molar-refractivity contribution < 1.29 is 9.53 Å². The number of aromatic nitrogens is 4. The van der Waals surface area contributed by atoms with Crippen LogP contribution in [0.2, 0.25) is 0 Å². The Labute approximate surface area is 166 Å². The van der Waals surface area contributed by atoms with Crippen molar-refractivity contribution in [1.29, 1.82) is 0 Å². The van der Waals surface area contributed by atoms with Crippen LogP contribution in [-0.4, -0.2) is 32.6 Å². The third-order valence-corrected chi connectivity index (χ3v) is 5.76. The van der Waals surface area contributed by atoms with Gasteiger partial charge in [0.1, 0.15) is 18.7 Å². The number of benzene rings is 1. The molecule has 1 aromatic heterocycles.